The SMILES string of the molecule is CC(C)N(C)CC(=O)NC1CN(Cc2ccccc2)CCC1CO. The lowest BCUT2D eigenvalue weighted by molar-refractivity contribution is -0.124. The Morgan fingerprint density at radius 2 is 2.08 bits per heavy atom. The van der Waals surface area contributed by atoms with E-state index in [1.807, 2.05) is 18.0 Å². The van der Waals surface area contributed by atoms with Gasteiger partial charge in [0.1, 0.15) is 0 Å². The molecule has 0 saturated carbocycles. The molecular formula is C19H31N3O2. The number of hydrogen-bond acceptors (Lipinski definition) is 4. The summed E-state index contributed by atoms with van der Waals surface area (Å²) >= 11 is 0. The summed E-state index contributed by atoms with van der Waals surface area (Å²) in [5, 5.41) is 12.8. The van der Waals surface area contributed by atoms with Gasteiger partial charge in [0, 0.05) is 37.7 Å². The van der Waals surface area contributed by atoms with Crippen LogP contribution in [0.5, 0.6) is 0 Å². The lowest BCUT2D eigenvalue weighted by Gasteiger charge is -2.38. The van der Waals surface area contributed by atoms with Crippen molar-refractivity contribution >= 4 is 5.91 Å². The molecule has 1 aliphatic rings. The van der Waals surface area contributed by atoms with Gasteiger partial charge in [-0.05, 0) is 39.4 Å². The molecule has 1 heterocycles. The number of aliphatic hydroxyl groups excluding tert-OH is 1. The lowest BCUT2D eigenvalue weighted by Crippen LogP contribution is -2.54. The number of rotatable bonds is 7. The van der Waals surface area contributed by atoms with E-state index in [1.54, 1.807) is 0 Å². The maximum atomic E-state index is 12.3. The molecule has 1 aromatic carbocycles. The van der Waals surface area contributed by atoms with Crippen molar-refractivity contribution in [1.82, 2.24) is 15.1 Å². The minimum Gasteiger partial charge on any atom is -0.396 e. The van der Waals surface area contributed by atoms with E-state index in [0.717, 1.165) is 26.1 Å². The largest absolute Gasteiger partial charge is 0.396 e. The van der Waals surface area contributed by atoms with Gasteiger partial charge in [-0.3, -0.25) is 14.6 Å². The number of likely N-dealkylation sites (tertiary alicyclic amines) is 1. The molecular weight excluding hydrogens is 302 g/mol. The highest BCUT2D eigenvalue weighted by Crippen LogP contribution is 2.19. The van der Waals surface area contributed by atoms with Crippen molar-refractivity contribution in [1.29, 1.82) is 0 Å². The number of likely N-dealkylation sites (N-methyl/N-ethyl adjacent to an activating group) is 1. The van der Waals surface area contributed by atoms with Crippen LogP contribution in [0.2, 0.25) is 0 Å². The smallest absolute Gasteiger partial charge is 0.234 e. The number of carbonyl (C=O) groups excluding carboxylic acids is 1. The van der Waals surface area contributed by atoms with E-state index >= 15 is 0 Å². The summed E-state index contributed by atoms with van der Waals surface area (Å²) in [6.07, 6.45) is 0.911. The highest BCUT2D eigenvalue weighted by Gasteiger charge is 2.30. The number of hydrogen-bond donors (Lipinski definition) is 2. The second-order valence-corrected chi connectivity index (χ2v) is 7.13. The molecule has 2 rings (SSSR count). The van der Waals surface area contributed by atoms with Crippen LogP contribution in [0.25, 0.3) is 0 Å². The van der Waals surface area contributed by atoms with Crippen molar-refractivity contribution in [2.75, 3.05) is 33.3 Å². The van der Waals surface area contributed by atoms with Gasteiger partial charge < -0.3 is 10.4 Å². The Morgan fingerprint density at radius 3 is 2.71 bits per heavy atom. The Hall–Kier alpha value is -1.43. The molecule has 0 spiro atoms. The molecule has 0 bridgehead atoms. The van der Waals surface area contributed by atoms with Crippen molar-refractivity contribution in [2.45, 2.75) is 38.9 Å². The van der Waals surface area contributed by atoms with Crippen LogP contribution in [-0.2, 0) is 11.3 Å². The highest BCUT2D eigenvalue weighted by molar-refractivity contribution is 5.78. The molecule has 1 saturated heterocycles. The molecule has 1 amide bonds. The summed E-state index contributed by atoms with van der Waals surface area (Å²) < 4.78 is 0. The van der Waals surface area contributed by atoms with Crippen LogP contribution < -0.4 is 5.32 Å². The summed E-state index contributed by atoms with van der Waals surface area (Å²) in [6.45, 7) is 7.31. The fraction of sp³-hybridized carbons (Fsp3) is 0.632. The van der Waals surface area contributed by atoms with Crippen LogP contribution in [0, 0.1) is 5.92 Å². The van der Waals surface area contributed by atoms with E-state index in [2.05, 4.69) is 48.3 Å². The maximum Gasteiger partial charge on any atom is 0.234 e. The summed E-state index contributed by atoms with van der Waals surface area (Å²) in [5.74, 6) is 0.182. The van der Waals surface area contributed by atoms with Crippen LogP contribution >= 0.6 is 0 Å². The predicted molar refractivity (Wildman–Crippen MR) is 96.6 cm³/mol. The third kappa shape index (κ3) is 5.58. The molecule has 2 atom stereocenters. The first-order valence-corrected chi connectivity index (χ1v) is 8.86. The minimum absolute atomic E-state index is 0.0144. The zero-order valence-corrected chi connectivity index (χ0v) is 15.1. The second-order valence-electron chi connectivity index (χ2n) is 7.13. The van der Waals surface area contributed by atoms with Gasteiger partial charge in [-0.1, -0.05) is 30.3 Å². The van der Waals surface area contributed by atoms with E-state index in [9.17, 15) is 9.90 Å². The molecule has 1 aliphatic heterocycles. The first kappa shape index (κ1) is 18.9. The van der Waals surface area contributed by atoms with Crippen molar-refractivity contribution < 1.29 is 9.90 Å². The molecule has 5 heteroatoms. The van der Waals surface area contributed by atoms with Gasteiger partial charge in [-0.25, -0.2) is 0 Å². The topological polar surface area (TPSA) is 55.8 Å². The van der Waals surface area contributed by atoms with Crippen LogP contribution in [0.1, 0.15) is 25.8 Å². The van der Waals surface area contributed by atoms with E-state index < -0.39 is 0 Å². The Bertz CT molecular complexity index is 507. The Morgan fingerprint density at radius 1 is 1.38 bits per heavy atom. The molecule has 1 aromatic rings. The van der Waals surface area contributed by atoms with E-state index in [0.29, 0.717) is 12.6 Å². The first-order chi connectivity index (χ1) is 11.5. The summed E-state index contributed by atoms with van der Waals surface area (Å²) in [4.78, 5) is 16.7. The van der Waals surface area contributed by atoms with Gasteiger partial charge in [0.15, 0.2) is 0 Å². The van der Waals surface area contributed by atoms with Crippen molar-refractivity contribution in [3.63, 3.8) is 0 Å². The van der Waals surface area contributed by atoms with Crippen LogP contribution in [0.3, 0.4) is 0 Å². The zero-order valence-electron chi connectivity index (χ0n) is 15.1. The van der Waals surface area contributed by atoms with Gasteiger partial charge in [0.2, 0.25) is 5.91 Å². The van der Waals surface area contributed by atoms with Crippen molar-refractivity contribution in [3.05, 3.63) is 35.9 Å². The van der Waals surface area contributed by atoms with Crippen LogP contribution in [0.4, 0.5) is 0 Å². The first-order valence-electron chi connectivity index (χ1n) is 8.86. The van der Waals surface area contributed by atoms with Gasteiger partial charge in [0.05, 0.1) is 6.54 Å². The number of carbonyl (C=O) groups is 1. The monoisotopic (exact) mass is 333 g/mol. The Labute approximate surface area is 145 Å². The van der Waals surface area contributed by atoms with Gasteiger partial charge in [-0.2, -0.15) is 0 Å². The molecule has 0 aromatic heterocycles. The second kappa shape index (κ2) is 9.16. The number of piperidine rings is 1. The van der Waals surface area contributed by atoms with Gasteiger partial charge >= 0.3 is 0 Å². The molecule has 24 heavy (non-hydrogen) atoms. The Balaban J connectivity index is 1.91. The van der Waals surface area contributed by atoms with Crippen LogP contribution in [0.15, 0.2) is 30.3 Å². The highest BCUT2D eigenvalue weighted by atomic mass is 16.3. The Kier molecular flexibility index (Phi) is 7.21. The van der Waals surface area contributed by atoms with Crippen LogP contribution in [-0.4, -0.2) is 66.2 Å². The number of nitrogens with one attached hydrogen (secondary N) is 1. The predicted octanol–water partition coefficient (Wildman–Crippen LogP) is 1.33. The standard InChI is InChI=1S/C19H31N3O2/c1-15(2)21(3)13-19(24)20-18-12-22(10-9-17(18)14-23)11-16-7-5-4-6-8-16/h4-8,15,17-18,23H,9-14H2,1-3H3,(H,20,24). The number of nitrogens with zero attached hydrogens (tertiary/aromatic N) is 2. The molecule has 2 unspecified atom stereocenters. The summed E-state index contributed by atoms with van der Waals surface area (Å²) in [6, 6.07) is 10.7. The van der Waals surface area contributed by atoms with E-state index in [-0.39, 0.29) is 24.5 Å². The average molecular weight is 333 g/mol. The normalized spacial score (nSPS) is 22.1. The minimum atomic E-state index is 0.0144. The quantitative estimate of drug-likeness (QED) is 0.790. The lowest BCUT2D eigenvalue weighted by atomic mass is 9.92. The fourth-order valence-corrected chi connectivity index (χ4v) is 3.10. The maximum absolute atomic E-state index is 12.3. The van der Waals surface area contributed by atoms with Crippen molar-refractivity contribution in [2.24, 2.45) is 5.92 Å². The van der Waals surface area contributed by atoms with E-state index in [1.165, 1.54) is 5.56 Å². The third-order valence-corrected chi connectivity index (χ3v) is 4.94. The number of amides is 1. The molecule has 134 valence electrons. The third-order valence-electron chi connectivity index (χ3n) is 4.94. The molecule has 5 nitrogen and oxygen atoms in total. The van der Waals surface area contributed by atoms with Gasteiger partial charge in [0.25, 0.3) is 0 Å². The summed E-state index contributed by atoms with van der Waals surface area (Å²) in [5.41, 5.74) is 1.28. The van der Waals surface area contributed by atoms with Gasteiger partial charge in [-0.15, -0.1) is 0 Å². The molecule has 0 aliphatic carbocycles. The van der Waals surface area contributed by atoms with E-state index in [4.69, 9.17) is 0 Å². The summed E-state index contributed by atoms with van der Waals surface area (Å²) in [7, 11) is 1.95. The molecule has 2 N–H and O–H groups in total. The fourth-order valence-electron chi connectivity index (χ4n) is 3.10. The zero-order chi connectivity index (χ0) is 17.5. The number of benzene rings is 1. The number of aliphatic hydroxyl groups is 1. The van der Waals surface area contributed by atoms with Crippen molar-refractivity contribution in [3.8, 4) is 0 Å². The molecule has 1 fully saturated rings. The average Bonchev–Trinajstić information content (AvgIpc) is 2.56. The molecule has 0 radical (unpaired) electrons.